The van der Waals surface area contributed by atoms with E-state index in [1.54, 1.807) is 17.9 Å². The van der Waals surface area contributed by atoms with Gasteiger partial charge >= 0.3 is 6.09 Å². The van der Waals surface area contributed by atoms with Crippen molar-refractivity contribution in [2.24, 2.45) is 0 Å². The number of nitrogens with one attached hydrogen (secondary N) is 1. The van der Waals surface area contributed by atoms with Gasteiger partial charge in [-0.1, -0.05) is 36.8 Å². The third-order valence-electron chi connectivity index (χ3n) is 4.52. The van der Waals surface area contributed by atoms with E-state index in [0.29, 0.717) is 12.4 Å². The number of carbonyl (C=O) groups is 1. The van der Waals surface area contributed by atoms with Crippen LogP contribution in [0.3, 0.4) is 0 Å². The molecule has 0 bridgehead atoms. The molecule has 1 N–H and O–H groups in total. The number of nitrogens with zero attached hydrogens (tertiary/aromatic N) is 4. The summed E-state index contributed by atoms with van der Waals surface area (Å²) in [5, 5.41) is 14.8. The summed E-state index contributed by atoms with van der Waals surface area (Å²) in [4.78, 5) is 12.3. The smallest absolute Gasteiger partial charge is 0.410 e. The Balaban J connectivity index is 1.97. The Morgan fingerprint density at radius 1 is 1.17 bits per heavy atom. The highest BCUT2D eigenvalue weighted by atomic mass is 16.6. The number of rotatable bonds is 8. The summed E-state index contributed by atoms with van der Waals surface area (Å²) in [6, 6.07) is 13.6. The summed E-state index contributed by atoms with van der Waals surface area (Å²) < 4.78 is 12.3. The summed E-state index contributed by atoms with van der Waals surface area (Å²) >= 11 is 0. The highest BCUT2D eigenvalue weighted by Crippen LogP contribution is 2.28. The number of carbonyl (C=O) groups excluding carboxylic acids is 1. The van der Waals surface area contributed by atoms with Crippen molar-refractivity contribution >= 4 is 6.09 Å². The molecule has 0 fully saturated rings. The maximum Gasteiger partial charge on any atom is 0.412 e. The van der Waals surface area contributed by atoms with Gasteiger partial charge in [-0.2, -0.15) is 4.68 Å². The van der Waals surface area contributed by atoms with Gasteiger partial charge in [0.1, 0.15) is 5.75 Å². The largest absolute Gasteiger partial charge is 0.412 e. The topological polar surface area (TPSA) is 91.2 Å². The van der Waals surface area contributed by atoms with Crippen LogP contribution in [0.4, 0.5) is 4.79 Å². The lowest BCUT2D eigenvalue weighted by molar-refractivity contribution is 0.159. The summed E-state index contributed by atoms with van der Waals surface area (Å²) in [6.45, 7) is 6.35. The fourth-order valence-corrected chi connectivity index (χ4v) is 3.09. The molecule has 8 nitrogen and oxygen atoms in total. The second kappa shape index (κ2) is 9.98. The first kappa shape index (κ1) is 21.4. The van der Waals surface area contributed by atoms with Crippen LogP contribution in [-0.2, 0) is 11.2 Å². The van der Waals surface area contributed by atoms with Crippen molar-refractivity contribution in [3.8, 4) is 22.6 Å². The third kappa shape index (κ3) is 5.42. The van der Waals surface area contributed by atoms with Crippen LogP contribution in [-0.4, -0.2) is 46.1 Å². The minimum absolute atomic E-state index is 0.169. The molecule has 0 saturated carbocycles. The number of ether oxygens (including phenoxy) is 2. The molecule has 1 aromatic heterocycles. The second-order valence-electron chi connectivity index (χ2n) is 7.23. The number of tetrazole rings is 1. The van der Waals surface area contributed by atoms with Crippen LogP contribution in [0.2, 0.25) is 0 Å². The van der Waals surface area contributed by atoms with Gasteiger partial charge in [-0.15, -0.1) is 5.10 Å². The highest BCUT2D eigenvalue weighted by Gasteiger charge is 2.14. The molecule has 1 atom stereocenters. The van der Waals surface area contributed by atoms with Gasteiger partial charge in [-0.25, -0.2) is 4.79 Å². The Morgan fingerprint density at radius 2 is 1.93 bits per heavy atom. The van der Waals surface area contributed by atoms with Gasteiger partial charge in [0.2, 0.25) is 0 Å². The van der Waals surface area contributed by atoms with Gasteiger partial charge in [-0.05, 0) is 54.0 Å². The Labute approximate surface area is 176 Å². The van der Waals surface area contributed by atoms with E-state index in [9.17, 15) is 4.79 Å². The van der Waals surface area contributed by atoms with Crippen LogP contribution in [0, 0.1) is 6.92 Å². The number of aryl methyl sites for hydroxylation is 2. The van der Waals surface area contributed by atoms with Crippen molar-refractivity contribution in [3.63, 3.8) is 0 Å². The number of hydrogen-bond donors (Lipinski definition) is 1. The SMILES string of the molecule is CCCc1nnnn1-c1cc(OC(=O)N[C@H](C)COC)cc(-c2ccc(C)cc2)c1. The molecule has 0 aliphatic heterocycles. The average molecular weight is 409 g/mol. The van der Waals surface area contributed by atoms with Gasteiger partial charge in [0.25, 0.3) is 0 Å². The van der Waals surface area contributed by atoms with Crippen molar-refractivity contribution in [1.82, 2.24) is 25.5 Å². The lowest BCUT2D eigenvalue weighted by atomic mass is 10.0. The van der Waals surface area contributed by atoms with E-state index in [1.807, 2.05) is 50.2 Å². The maximum absolute atomic E-state index is 12.3. The molecule has 0 saturated heterocycles. The number of methoxy groups -OCH3 is 1. The minimum Gasteiger partial charge on any atom is -0.410 e. The van der Waals surface area contributed by atoms with Gasteiger partial charge in [0, 0.05) is 19.6 Å². The van der Waals surface area contributed by atoms with E-state index in [-0.39, 0.29) is 6.04 Å². The van der Waals surface area contributed by atoms with E-state index in [4.69, 9.17) is 9.47 Å². The second-order valence-corrected chi connectivity index (χ2v) is 7.23. The first-order valence-electron chi connectivity index (χ1n) is 9.97. The molecular weight excluding hydrogens is 382 g/mol. The Hall–Kier alpha value is -3.26. The Bertz CT molecular complexity index is 985. The van der Waals surface area contributed by atoms with Crippen LogP contribution in [0.1, 0.15) is 31.7 Å². The van der Waals surface area contributed by atoms with Crippen molar-refractivity contribution in [2.75, 3.05) is 13.7 Å². The molecule has 0 aliphatic rings. The molecule has 2 aromatic carbocycles. The van der Waals surface area contributed by atoms with Crippen LogP contribution < -0.4 is 10.1 Å². The van der Waals surface area contributed by atoms with E-state index in [2.05, 4.69) is 27.8 Å². The summed E-state index contributed by atoms with van der Waals surface area (Å²) in [5.41, 5.74) is 3.81. The molecule has 158 valence electrons. The summed E-state index contributed by atoms with van der Waals surface area (Å²) in [6.07, 6.45) is 1.12. The third-order valence-corrected chi connectivity index (χ3v) is 4.52. The van der Waals surface area contributed by atoms with Gasteiger partial charge in [-0.3, -0.25) is 0 Å². The zero-order chi connectivity index (χ0) is 21.5. The first-order chi connectivity index (χ1) is 14.5. The van der Waals surface area contributed by atoms with Crippen LogP contribution in [0.15, 0.2) is 42.5 Å². The van der Waals surface area contributed by atoms with E-state index < -0.39 is 6.09 Å². The molecular formula is C22H27N5O3. The zero-order valence-electron chi connectivity index (χ0n) is 17.8. The molecule has 0 unspecified atom stereocenters. The average Bonchev–Trinajstić information content (AvgIpc) is 3.17. The molecule has 0 radical (unpaired) electrons. The van der Waals surface area contributed by atoms with Gasteiger partial charge in [0.05, 0.1) is 18.3 Å². The standard InChI is InChI=1S/C22H27N5O3/c1-5-6-21-24-25-26-27(21)19-11-18(17-9-7-15(2)8-10-17)12-20(13-19)30-22(28)23-16(3)14-29-4/h7-13,16H,5-6,14H2,1-4H3,(H,23,28)/t16-/m1/s1. The molecule has 0 spiro atoms. The normalized spacial score (nSPS) is 11.9. The number of hydrogen-bond acceptors (Lipinski definition) is 6. The van der Waals surface area contributed by atoms with Crippen molar-refractivity contribution in [3.05, 3.63) is 53.9 Å². The van der Waals surface area contributed by atoms with Crippen molar-refractivity contribution < 1.29 is 14.3 Å². The van der Waals surface area contributed by atoms with E-state index in [1.165, 1.54) is 5.56 Å². The molecule has 30 heavy (non-hydrogen) atoms. The predicted molar refractivity (Wildman–Crippen MR) is 114 cm³/mol. The van der Waals surface area contributed by atoms with Crippen molar-refractivity contribution in [2.45, 2.75) is 39.7 Å². The molecule has 1 heterocycles. The summed E-state index contributed by atoms with van der Waals surface area (Å²) in [7, 11) is 1.58. The van der Waals surface area contributed by atoms with Gasteiger partial charge in [0.15, 0.2) is 5.82 Å². The van der Waals surface area contributed by atoms with Crippen LogP contribution in [0.25, 0.3) is 16.8 Å². The quantitative estimate of drug-likeness (QED) is 0.610. The Kier molecular flexibility index (Phi) is 7.13. The van der Waals surface area contributed by atoms with Crippen molar-refractivity contribution in [1.29, 1.82) is 0 Å². The van der Waals surface area contributed by atoms with E-state index in [0.717, 1.165) is 35.5 Å². The fourth-order valence-electron chi connectivity index (χ4n) is 3.09. The molecule has 0 aliphatic carbocycles. The first-order valence-corrected chi connectivity index (χ1v) is 9.97. The lowest BCUT2D eigenvalue weighted by Gasteiger charge is -2.14. The lowest BCUT2D eigenvalue weighted by Crippen LogP contribution is -2.37. The van der Waals surface area contributed by atoms with Crippen LogP contribution >= 0.6 is 0 Å². The number of benzene rings is 2. The number of amides is 1. The fraction of sp³-hybridized carbons (Fsp3) is 0.364. The van der Waals surface area contributed by atoms with Crippen LogP contribution in [0.5, 0.6) is 5.75 Å². The summed E-state index contributed by atoms with van der Waals surface area (Å²) in [5.74, 6) is 1.16. The maximum atomic E-state index is 12.3. The minimum atomic E-state index is -0.544. The monoisotopic (exact) mass is 409 g/mol. The zero-order valence-corrected chi connectivity index (χ0v) is 17.8. The molecule has 3 rings (SSSR count). The molecule has 8 heteroatoms. The highest BCUT2D eigenvalue weighted by molar-refractivity contribution is 5.74. The number of aromatic nitrogens is 4. The predicted octanol–water partition coefficient (Wildman–Crippen LogP) is 3.71. The molecule has 1 amide bonds. The Morgan fingerprint density at radius 3 is 2.63 bits per heavy atom. The van der Waals surface area contributed by atoms with Gasteiger partial charge < -0.3 is 14.8 Å². The molecule has 3 aromatic rings. The van der Waals surface area contributed by atoms with E-state index >= 15 is 0 Å².